The smallest absolute Gasteiger partial charge is 0.223 e. The van der Waals surface area contributed by atoms with Gasteiger partial charge in [-0.05, 0) is 36.5 Å². The second kappa shape index (κ2) is 9.19. The van der Waals surface area contributed by atoms with Crippen molar-refractivity contribution in [2.45, 2.75) is 31.4 Å². The van der Waals surface area contributed by atoms with Crippen LogP contribution in [0.15, 0.2) is 53.1 Å². The monoisotopic (exact) mass is 390 g/mol. The predicted octanol–water partition coefficient (Wildman–Crippen LogP) is 2.57. The molecule has 1 N–H and O–H groups in total. The van der Waals surface area contributed by atoms with Crippen LogP contribution in [0, 0.1) is 5.92 Å². The Morgan fingerprint density at radius 3 is 2.74 bits per heavy atom. The summed E-state index contributed by atoms with van der Waals surface area (Å²) in [4.78, 5) is 14.3. The Kier molecular flexibility index (Phi) is 6.68. The largest absolute Gasteiger partial charge is 0.469 e. The van der Waals surface area contributed by atoms with E-state index in [2.05, 4.69) is 4.72 Å². The molecule has 3 rings (SSSR count). The molecule has 1 aromatic heterocycles. The van der Waals surface area contributed by atoms with Gasteiger partial charge in [0, 0.05) is 32.5 Å². The number of aryl methyl sites for hydroxylation is 1. The number of benzene rings is 1. The Bertz CT molecular complexity index is 819. The molecule has 1 fully saturated rings. The molecule has 1 atom stereocenters. The summed E-state index contributed by atoms with van der Waals surface area (Å²) in [6.07, 6.45) is 4.45. The number of hydrogen-bond donors (Lipinski definition) is 1. The van der Waals surface area contributed by atoms with Crippen LogP contribution in [0.5, 0.6) is 0 Å². The van der Waals surface area contributed by atoms with E-state index in [9.17, 15) is 13.2 Å². The van der Waals surface area contributed by atoms with Crippen molar-refractivity contribution in [2.75, 3.05) is 19.6 Å². The summed E-state index contributed by atoms with van der Waals surface area (Å²) in [5.41, 5.74) is 0.767. The molecule has 0 saturated carbocycles. The van der Waals surface area contributed by atoms with Gasteiger partial charge in [-0.1, -0.05) is 30.3 Å². The molecule has 1 amide bonds. The van der Waals surface area contributed by atoms with E-state index in [0.717, 1.165) is 30.7 Å². The first-order chi connectivity index (χ1) is 13.0. The van der Waals surface area contributed by atoms with Crippen LogP contribution in [-0.2, 0) is 27.0 Å². The first-order valence-electron chi connectivity index (χ1n) is 9.33. The van der Waals surface area contributed by atoms with Crippen molar-refractivity contribution in [3.05, 3.63) is 60.1 Å². The molecule has 7 heteroatoms. The third kappa shape index (κ3) is 6.22. The zero-order valence-corrected chi connectivity index (χ0v) is 16.2. The minimum absolute atomic E-state index is 0.0215. The summed E-state index contributed by atoms with van der Waals surface area (Å²) >= 11 is 0. The lowest BCUT2D eigenvalue weighted by atomic mass is 9.98. The maximum Gasteiger partial charge on any atom is 0.223 e. The molecule has 0 bridgehead atoms. The molecular formula is C20H26N2O4S. The Labute approximate surface area is 160 Å². The summed E-state index contributed by atoms with van der Waals surface area (Å²) in [7, 11) is -3.38. The fraction of sp³-hybridized carbons (Fsp3) is 0.450. The van der Waals surface area contributed by atoms with Gasteiger partial charge in [0.05, 0.1) is 12.0 Å². The number of amides is 1. The maximum absolute atomic E-state index is 12.4. The van der Waals surface area contributed by atoms with E-state index in [-0.39, 0.29) is 17.6 Å². The standard InChI is InChI=1S/C20H26N2O4S/c23-20(11-10-19-9-5-13-26-19)22-12-4-8-18(15-22)14-21-27(24,25)16-17-6-2-1-3-7-17/h1-3,5-7,9,13,18,21H,4,8,10-12,14-16H2/t18-/m0/s1. The van der Waals surface area contributed by atoms with Gasteiger partial charge < -0.3 is 9.32 Å². The number of nitrogens with one attached hydrogen (secondary N) is 1. The third-order valence-electron chi connectivity index (χ3n) is 4.83. The van der Waals surface area contributed by atoms with Gasteiger partial charge in [-0.2, -0.15) is 0 Å². The highest BCUT2D eigenvalue weighted by Crippen LogP contribution is 2.18. The van der Waals surface area contributed by atoms with Crippen molar-refractivity contribution in [2.24, 2.45) is 5.92 Å². The molecule has 27 heavy (non-hydrogen) atoms. The van der Waals surface area contributed by atoms with E-state index < -0.39 is 10.0 Å². The maximum atomic E-state index is 12.4. The van der Waals surface area contributed by atoms with Crippen LogP contribution >= 0.6 is 0 Å². The van der Waals surface area contributed by atoms with Gasteiger partial charge in [0.15, 0.2) is 0 Å². The summed E-state index contributed by atoms with van der Waals surface area (Å²) in [6.45, 7) is 1.71. The van der Waals surface area contributed by atoms with Gasteiger partial charge in [0.25, 0.3) is 0 Å². The Morgan fingerprint density at radius 1 is 1.19 bits per heavy atom. The molecule has 1 saturated heterocycles. The summed E-state index contributed by atoms with van der Waals surface area (Å²) in [6, 6.07) is 12.8. The normalized spacial score (nSPS) is 17.8. The number of furan rings is 1. The molecule has 1 aliphatic rings. The van der Waals surface area contributed by atoms with Crippen molar-refractivity contribution in [1.82, 2.24) is 9.62 Å². The zero-order chi connectivity index (χ0) is 19.1. The molecule has 0 aliphatic carbocycles. The van der Waals surface area contributed by atoms with Crippen molar-refractivity contribution >= 4 is 15.9 Å². The van der Waals surface area contributed by atoms with Crippen LogP contribution in [0.25, 0.3) is 0 Å². The molecule has 1 aliphatic heterocycles. The van der Waals surface area contributed by atoms with Crippen LogP contribution in [0.4, 0.5) is 0 Å². The Hall–Kier alpha value is -2.12. The second-order valence-electron chi connectivity index (χ2n) is 7.02. The molecule has 146 valence electrons. The van der Waals surface area contributed by atoms with E-state index >= 15 is 0 Å². The average Bonchev–Trinajstić information content (AvgIpc) is 3.19. The number of carbonyl (C=O) groups is 1. The fourth-order valence-electron chi connectivity index (χ4n) is 3.39. The van der Waals surface area contributed by atoms with E-state index in [1.54, 1.807) is 18.4 Å². The number of nitrogens with zero attached hydrogens (tertiary/aromatic N) is 1. The lowest BCUT2D eigenvalue weighted by molar-refractivity contribution is -0.133. The van der Waals surface area contributed by atoms with Crippen molar-refractivity contribution in [1.29, 1.82) is 0 Å². The van der Waals surface area contributed by atoms with E-state index in [0.29, 0.717) is 25.9 Å². The lowest BCUT2D eigenvalue weighted by Gasteiger charge is -2.33. The number of piperidine rings is 1. The number of hydrogen-bond acceptors (Lipinski definition) is 4. The lowest BCUT2D eigenvalue weighted by Crippen LogP contribution is -2.43. The first-order valence-corrected chi connectivity index (χ1v) is 11.0. The summed E-state index contributed by atoms with van der Waals surface area (Å²) < 4.78 is 32.6. The van der Waals surface area contributed by atoms with E-state index in [1.165, 1.54) is 0 Å². The summed E-state index contributed by atoms with van der Waals surface area (Å²) in [5.74, 6) is 1.04. The fourth-order valence-corrected chi connectivity index (χ4v) is 4.61. The van der Waals surface area contributed by atoms with E-state index in [4.69, 9.17) is 4.42 Å². The number of sulfonamides is 1. The highest BCUT2D eigenvalue weighted by atomic mass is 32.2. The Morgan fingerprint density at radius 2 is 2.00 bits per heavy atom. The molecule has 0 radical (unpaired) electrons. The summed E-state index contributed by atoms with van der Waals surface area (Å²) in [5, 5.41) is 0. The second-order valence-corrected chi connectivity index (χ2v) is 8.83. The number of rotatable bonds is 8. The minimum atomic E-state index is -3.38. The highest BCUT2D eigenvalue weighted by molar-refractivity contribution is 7.88. The van der Waals surface area contributed by atoms with Gasteiger partial charge >= 0.3 is 0 Å². The van der Waals surface area contributed by atoms with Gasteiger partial charge in [-0.25, -0.2) is 13.1 Å². The molecule has 0 unspecified atom stereocenters. The van der Waals surface area contributed by atoms with Gasteiger partial charge in [-0.3, -0.25) is 4.79 Å². The Balaban J connectivity index is 1.45. The van der Waals surface area contributed by atoms with Crippen molar-refractivity contribution in [3.63, 3.8) is 0 Å². The van der Waals surface area contributed by atoms with Crippen LogP contribution < -0.4 is 4.72 Å². The van der Waals surface area contributed by atoms with E-state index in [1.807, 2.05) is 35.2 Å². The van der Waals surface area contributed by atoms with Gasteiger partial charge in [0.2, 0.25) is 15.9 Å². The molecule has 1 aromatic carbocycles. The topological polar surface area (TPSA) is 79.6 Å². The highest BCUT2D eigenvalue weighted by Gasteiger charge is 2.25. The zero-order valence-electron chi connectivity index (χ0n) is 15.3. The first kappa shape index (κ1) is 19.6. The van der Waals surface area contributed by atoms with Crippen LogP contribution in [0.2, 0.25) is 0 Å². The van der Waals surface area contributed by atoms with Crippen LogP contribution in [0.1, 0.15) is 30.6 Å². The molecule has 6 nitrogen and oxygen atoms in total. The van der Waals surface area contributed by atoms with Gasteiger partial charge in [-0.15, -0.1) is 0 Å². The minimum Gasteiger partial charge on any atom is -0.469 e. The number of likely N-dealkylation sites (tertiary alicyclic amines) is 1. The van der Waals surface area contributed by atoms with Crippen molar-refractivity contribution < 1.29 is 17.6 Å². The molecule has 2 aromatic rings. The quantitative estimate of drug-likeness (QED) is 0.751. The molecular weight excluding hydrogens is 364 g/mol. The average molecular weight is 391 g/mol. The predicted molar refractivity (Wildman–Crippen MR) is 103 cm³/mol. The molecule has 2 heterocycles. The number of carbonyl (C=O) groups excluding carboxylic acids is 1. The van der Waals surface area contributed by atoms with Gasteiger partial charge in [0.1, 0.15) is 5.76 Å². The third-order valence-corrected chi connectivity index (χ3v) is 6.15. The van der Waals surface area contributed by atoms with Crippen LogP contribution in [-0.4, -0.2) is 38.9 Å². The van der Waals surface area contributed by atoms with Crippen molar-refractivity contribution in [3.8, 4) is 0 Å². The van der Waals surface area contributed by atoms with Crippen LogP contribution in [0.3, 0.4) is 0 Å². The molecule has 0 spiro atoms. The SMILES string of the molecule is O=C(CCc1ccco1)N1CCC[C@@H](CNS(=O)(=O)Cc2ccccc2)C1.